The van der Waals surface area contributed by atoms with Crippen molar-refractivity contribution < 1.29 is 14.3 Å². The lowest BCUT2D eigenvalue weighted by molar-refractivity contribution is -0.142. The number of rotatable bonds is 8. The molecule has 5 nitrogen and oxygen atoms in total. The van der Waals surface area contributed by atoms with Crippen LogP contribution in [-0.2, 0) is 21.5 Å². The maximum atomic E-state index is 13.1. The molecule has 0 radical (unpaired) electrons. The molecule has 31 heavy (non-hydrogen) atoms. The monoisotopic (exact) mass is 464 g/mol. The van der Waals surface area contributed by atoms with Gasteiger partial charge in [-0.15, -0.1) is 0 Å². The Hall–Kier alpha value is -2.24. The van der Waals surface area contributed by atoms with Crippen LogP contribution in [0.3, 0.4) is 0 Å². The minimum atomic E-state index is -0.642. The van der Waals surface area contributed by atoms with Gasteiger partial charge in [0.2, 0.25) is 5.91 Å². The topological polar surface area (TPSA) is 58.6 Å². The summed E-state index contributed by atoms with van der Waals surface area (Å²) in [4.78, 5) is 27.0. The SMILES string of the molecule is CC[C@@H](C(=O)NC)N(Cc1ccc(Cl)cc1Cl)C(=O)COc1ccc(C(C)(C)C)cc1. The quantitative estimate of drug-likeness (QED) is 0.582. The fraction of sp³-hybridized carbons (Fsp3) is 0.417. The normalized spacial score (nSPS) is 12.2. The molecule has 1 atom stereocenters. The van der Waals surface area contributed by atoms with Gasteiger partial charge in [-0.3, -0.25) is 9.59 Å². The second-order valence-corrected chi connectivity index (χ2v) is 9.20. The molecule has 0 unspecified atom stereocenters. The molecule has 0 aliphatic rings. The molecule has 1 N–H and O–H groups in total. The standard InChI is InChI=1S/C24H30Cl2N2O3/c1-6-21(23(30)27-5)28(14-16-7-10-18(25)13-20(16)26)22(29)15-31-19-11-8-17(9-12-19)24(2,3)4/h7-13,21H,6,14-15H2,1-5H3,(H,27,30)/t21-/m0/s1. The van der Waals surface area contributed by atoms with Crippen molar-refractivity contribution in [3.8, 4) is 5.75 Å². The van der Waals surface area contributed by atoms with Crippen LogP contribution in [0.1, 0.15) is 45.2 Å². The summed E-state index contributed by atoms with van der Waals surface area (Å²) < 4.78 is 5.73. The summed E-state index contributed by atoms with van der Waals surface area (Å²) in [5.74, 6) is 0.0515. The Kier molecular flexibility index (Phi) is 8.78. The van der Waals surface area contributed by atoms with Gasteiger partial charge < -0.3 is 15.0 Å². The van der Waals surface area contributed by atoms with Crippen LogP contribution in [0.2, 0.25) is 10.0 Å². The smallest absolute Gasteiger partial charge is 0.261 e. The number of amides is 2. The highest BCUT2D eigenvalue weighted by molar-refractivity contribution is 6.35. The summed E-state index contributed by atoms with van der Waals surface area (Å²) in [6.45, 7) is 8.25. The Morgan fingerprint density at radius 3 is 2.26 bits per heavy atom. The Labute approximate surface area is 194 Å². The van der Waals surface area contributed by atoms with E-state index in [0.29, 0.717) is 27.8 Å². The van der Waals surface area contributed by atoms with Gasteiger partial charge in [0.15, 0.2) is 6.61 Å². The molecule has 2 aromatic carbocycles. The van der Waals surface area contributed by atoms with Crippen LogP contribution >= 0.6 is 23.2 Å². The largest absolute Gasteiger partial charge is 0.484 e. The van der Waals surface area contributed by atoms with E-state index in [0.717, 1.165) is 0 Å². The summed E-state index contributed by atoms with van der Waals surface area (Å²) >= 11 is 12.3. The average Bonchev–Trinajstić information content (AvgIpc) is 2.72. The van der Waals surface area contributed by atoms with Gasteiger partial charge >= 0.3 is 0 Å². The first-order chi connectivity index (χ1) is 14.6. The third kappa shape index (κ3) is 6.88. The molecule has 2 rings (SSSR count). The molecule has 7 heteroatoms. The summed E-state index contributed by atoms with van der Waals surface area (Å²) in [6, 6.07) is 12.1. The maximum absolute atomic E-state index is 13.1. The van der Waals surface area contributed by atoms with Gasteiger partial charge in [0.1, 0.15) is 11.8 Å². The lowest BCUT2D eigenvalue weighted by Crippen LogP contribution is -2.49. The van der Waals surface area contributed by atoms with Crippen LogP contribution < -0.4 is 10.1 Å². The van der Waals surface area contributed by atoms with E-state index in [1.54, 1.807) is 25.2 Å². The fourth-order valence-corrected chi connectivity index (χ4v) is 3.67. The first kappa shape index (κ1) is 25.0. The van der Waals surface area contributed by atoms with Gasteiger partial charge in [-0.25, -0.2) is 0 Å². The predicted molar refractivity (Wildman–Crippen MR) is 126 cm³/mol. The molecule has 0 spiro atoms. The van der Waals surface area contributed by atoms with Crippen molar-refractivity contribution in [3.63, 3.8) is 0 Å². The van der Waals surface area contributed by atoms with Crippen molar-refractivity contribution in [2.24, 2.45) is 0 Å². The molecule has 0 aliphatic heterocycles. The number of nitrogens with one attached hydrogen (secondary N) is 1. The third-order valence-electron chi connectivity index (χ3n) is 5.07. The van der Waals surface area contributed by atoms with E-state index in [1.807, 2.05) is 31.2 Å². The van der Waals surface area contributed by atoms with Crippen molar-refractivity contribution in [1.29, 1.82) is 0 Å². The second kappa shape index (κ2) is 10.9. The van der Waals surface area contributed by atoms with Gasteiger partial charge in [0.05, 0.1) is 0 Å². The zero-order valence-electron chi connectivity index (χ0n) is 18.7. The molecule has 2 amide bonds. The van der Waals surface area contributed by atoms with Crippen molar-refractivity contribution in [3.05, 3.63) is 63.6 Å². The third-order valence-corrected chi connectivity index (χ3v) is 5.66. The minimum absolute atomic E-state index is 0.0326. The summed E-state index contributed by atoms with van der Waals surface area (Å²) in [6.07, 6.45) is 0.455. The van der Waals surface area contributed by atoms with E-state index >= 15 is 0 Å². The molecular formula is C24H30Cl2N2O3. The lowest BCUT2D eigenvalue weighted by atomic mass is 9.87. The molecule has 0 aromatic heterocycles. The number of halogens is 2. The molecule has 0 fully saturated rings. The van der Waals surface area contributed by atoms with Gasteiger partial charge in [-0.2, -0.15) is 0 Å². The molecule has 0 bridgehead atoms. The van der Waals surface area contributed by atoms with Crippen LogP contribution in [0.4, 0.5) is 0 Å². The summed E-state index contributed by atoms with van der Waals surface area (Å²) in [5.41, 5.74) is 1.91. The van der Waals surface area contributed by atoms with Gasteiger partial charge in [-0.05, 0) is 47.2 Å². The van der Waals surface area contributed by atoms with E-state index < -0.39 is 6.04 Å². The number of carbonyl (C=O) groups is 2. The van der Waals surface area contributed by atoms with E-state index in [2.05, 4.69) is 26.1 Å². The van der Waals surface area contributed by atoms with Crippen LogP contribution in [0, 0.1) is 0 Å². The number of hydrogen-bond donors (Lipinski definition) is 1. The van der Waals surface area contributed by atoms with Crippen LogP contribution in [0.15, 0.2) is 42.5 Å². The number of carbonyl (C=O) groups excluding carboxylic acids is 2. The average molecular weight is 465 g/mol. The Bertz CT molecular complexity index is 908. The predicted octanol–water partition coefficient (Wildman–Crippen LogP) is 5.22. The number of nitrogens with zero attached hydrogens (tertiary/aromatic N) is 1. The fourth-order valence-electron chi connectivity index (χ4n) is 3.20. The van der Waals surface area contributed by atoms with Crippen molar-refractivity contribution in [1.82, 2.24) is 10.2 Å². The van der Waals surface area contributed by atoms with Crippen LogP contribution in [0.25, 0.3) is 0 Å². The van der Waals surface area contributed by atoms with E-state index in [9.17, 15) is 9.59 Å². The number of ether oxygens (including phenoxy) is 1. The molecular weight excluding hydrogens is 435 g/mol. The molecule has 0 heterocycles. The molecule has 0 saturated carbocycles. The Morgan fingerprint density at radius 1 is 1.10 bits per heavy atom. The van der Waals surface area contributed by atoms with Gasteiger partial charge in [0, 0.05) is 23.6 Å². The number of hydrogen-bond acceptors (Lipinski definition) is 3. The Morgan fingerprint density at radius 2 is 1.74 bits per heavy atom. The van der Waals surface area contributed by atoms with Crippen LogP contribution in [0.5, 0.6) is 5.75 Å². The maximum Gasteiger partial charge on any atom is 0.261 e. The van der Waals surface area contributed by atoms with Gasteiger partial charge in [0.25, 0.3) is 5.91 Å². The zero-order chi connectivity index (χ0) is 23.2. The van der Waals surface area contributed by atoms with E-state index in [4.69, 9.17) is 27.9 Å². The molecule has 168 valence electrons. The van der Waals surface area contributed by atoms with Crippen molar-refractivity contribution >= 4 is 35.0 Å². The highest BCUT2D eigenvalue weighted by Gasteiger charge is 2.29. The molecule has 0 saturated heterocycles. The summed E-state index contributed by atoms with van der Waals surface area (Å²) in [5, 5.41) is 3.57. The van der Waals surface area contributed by atoms with Gasteiger partial charge in [-0.1, -0.05) is 69.1 Å². The van der Waals surface area contributed by atoms with Crippen molar-refractivity contribution in [2.75, 3.05) is 13.7 Å². The number of likely N-dealkylation sites (N-methyl/N-ethyl adjacent to an activating group) is 1. The molecule has 0 aliphatic carbocycles. The van der Waals surface area contributed by atoms with Crippen LogP contribution in [-0.4, -0.2) is 36.4 Å². The highest BCUT2D eigenvalue weighted by atomic mass is 35.5. The van der Waals surface area contributed by atoms with Crippen molar-refractivity contribution in [2.45, 2.75) is 52.1 Å². The first-order valence-corrected chi connectivity index (χ1v) is 11.0. The minimum Gasteiger partial charge on any atom is -0.484 e. The lowest BCUT2D eigenvalue weighted by Gasteiger charge is -2.30. The Balaban J connectivity index is 2.20. The van der Waals surface area contributed by atoms with E-state index in [-0.39, 0.29) is 30.4 Å². The first-order valence-electron chi connectivity index (χ1n) is 10.2. The zero-order valence-corrected chi connectivity index (χ0v) is 20.2. The van der Waals surface area contributed by atoms with E-state index in [1.165, 1.54) is 10.5 Å². The number of benzene rings is 2. The second-order valence-electron chi connectivity index (χ2n) is 8.36. The summed E-state index contributed by atoms with van der Waals surface area (Å²) in [7, 11) is 1.55. The highest BCUT2D eigenvalue weighted by Crippen LogP contribution is 2.25. The molecule has 2 aromatic rings.